The molecule has 6 nitrogen and oxygen atoms in total. The number of anilines is 2. The van der Waals surface area contributed by atoms with Crippen molar-refractivity contribution in [2.45, 2.75) is 32.2 Å². The van der Waals surface area contributed by atoms with Gasteiger partial charge in [0.1, 0.15) is 0 Å². The molecule has 2 aromatic rings. The summed E-state index contributed by atoms with van der Waals surface area (Å²) in [7, 11) is 0. The average Bonchev–Trinajstić information content (AvgIpc) is 3.34. The van der Waals surface area contributed by atoms with Crippen LogP contribution in [0.25, 0.3) is 0 Å². The smallest absolute Gasteiger partial charge is 0.251 e. The van der Waals surface area contributed by atoms with Crippen LogP contribution in [0.5, 0.6) is 0 Å². The maximum atomic E-state index is 12.6. The zero-order chi connectivity index (χ0) is 19.5. The van der Waals surface area contributed by atoms with Crippen LogP contribution in [-0.4, -0.2) is 30.8 Å². The van der Waals surface area contributed by atoms with Crippen LogP contribution in [0.2, 0.25) is 0 Å². The molecular formula is C22H23N3O3. The monoisotopic (exact) mass is 377 g/mol. The summed E-state index contributed by atoms with van der Waals surface area (Å²) >= 11 is 0. The van der Waals surface area contributed by atoms with Gasteiger partial charge in [0, 0.05) is 49.4 Å². The molecule has 0 saturated carbocycles. The van der Waals surface area contributed by atoms with Crippen molar-refractivity contribution in [1.82, 2.24) is 5.32 Å². The zero-order valence-corrected chi connectivity index (χ0v) is 15.7. The summed E-state index contributed by atoms with van der Waals surface area (Å²) in [5.74, 6) is 0.0661. The quantitative estimate of drug-likeness (QED) is 0.871. The summed E-state index contributed by atoms with van der Waals surface area (Å²) in [5.41, 5.74) is 3.12. The highest BCUT2D eigenvalue weighted by Crippen LogP contribution is 2.23. The van der Waals surface area contributed by atoms with Crippen molar-refractivity contribution in [3.8, 4) is 0 Å². The van der Waals surface area contributed by atoms with Gasteiger partial charge < -0.3 is 15.1 Å². The second-order valence-corrected chi connectivity index (χ2v) is 7.20. The van der Waals surface area contributed by atoms with E-state index < -0.39 is 0 Å². The van der Waals surface area contributed by atoms with Crippen LogP contribution in [-0.2, 0) is 16.1 Å². The Bertz CT molecular complexity index is 925. The predicted octanol–water partition coefficient (Wildman–Crippen LogP) is 2.87. The molecule has 2 saturated heterocycles. The highest BCUT2D eigenvalue weighted by atomic mass is 16.2. The standard InChI is InChI=1S/C22H23N3O3/c26-20-9-3-11-24(20)18-7-1-5-16(13-18)15-23-22(28)17-6-2-8-19(14-17)25-12-4-10-21(25)27/h1-2,5-8,13-14H,3-4,9-12,15H2,(H,23,28). The second-order valence-electron chi connectivity index (χ2n) is 7.20. The molecule has 4 rings (SSSR count). The summed E-state index contributed by atoms with van der Waals surface area (Å²) in [5, 5.41) is 2.93. The summed E-state index contributed by atoms with van der Waals surface area (Å²) in [4.78, 5) is 40.0. The summed E-state index contributed by atoms with van der Waals surface area (Å²) in [6.07, 6.45) is 2.89. The Kier molecular flexibility index (Phi) is 5.10. The van der Waals surface area contributed by atoms with Crippen LogP contribution < -0.4 is 15.1 Å². The molecule has 2 heterocycles. The van der Waals surface area contributed by atoms with Gasteiger partial charge in [-0.05, 0) is 48.7 Å². The van der Waals surface area contributed by atoms with E-state index in [4.69, 9.17) is 0 Å². The molecule has 0 bridgehead atoms. The first kappa shape index (κ1) is 18.2. The number of hydrogen-bond acceptors (Lipinski definition) is 3. The van der Waals surface area contributed by atoms with Crippen molar-refractivity contribution >= 4 is 29.1 Å². The SMILES string of the molecule is O=C(NCc1cccc(N2CCCC2=O)c1)c1cccc(N2CCCC2=O)c1. The van der Waals surface area contributed by atoms with Crippen molar-refractivity contribution in [1.29, 1.82) is 0 Å². The Morgan fingerprint density at radius 3 is 2.07 bits per heavy atom. The molecule has 2 aliphatic heterocycles. The van der Waals surface area contributed by atoms with E-state index in [2.05, 4.69) is 5.32 Å². The van der Waals surface area contributed by atoms with E-state index >= 15 is 0 Å². The number of benzene rings is 2. The third-order valence-corrected chi connectivity index (χ3v) is 5.24. The largest absolute Gasteiger partial charge is 0.348 e. The van der Waals surface area contributed by atoms with Gasteiger partial charge in [-0.25, -0.2) is 0 Å². The van der Waals surface area contributed by atoms with Crippen LogP contribution in [0, 0.1) is 0 Å². The first-order valence-electron chi connectivity index (χ1n) is 9.70. The molecule has 0 radical (unpaired) electrons. The van der Waals surface area contributed by atoms with Gasteiger partial charge in [-0.1, -0.05) is 18.2 Å². The van der Waals surface area contributed by atoms with Gasteiger partial charge in [0.05, 0.1) is 0 Å². The molecule has 0 unspecified atom stereocenters. The molecule has 2 aliphatic rings. The van der Waals surface area contributed by atoms with Crippen LogP contribution >= 0.6 is 0 Å². The number of carbonyl (C=O) groups excluding carboxylic acids is 3. The highest BCUT2D eigenvalue weighted by molar-refractivity contribution is 5.99. The first-order valence-corrected chi connectivity index (χ1v) is 9.70. The van der Waals surface area contributed by atoms with Gasteiger partial charge in [-0.15, -0.1) is 0 Å². The van der Waals surface area contributed by atoms with Gasteiger partial charge in [0.15, 0.2) is 0 Å². The van der Waals surface area contributed by atoms with Crippen molar-refractivity contribution in [3.63, 3.8) is 0 Å². The number of nitrogens with one attached hydrogen (secondary N) is 1. The fourth-order valence-corrected chi connectivity index (χ4v) is 3.78. The lowest BCUT2D eigenvalue weighted by Gasteiger charge is -2.17. The zero-order valence-electron chi connectivity index (χ0n) is 15.7. The predicted molar refractivity (Wildman–Crippen MR) is 107 cm³/mol. The molecule has 2 aromatic carbocycles. The Labute approximate surface area is 164 Å². The lowest BCUT2D eigenvalue weighted by Crippen LogP contribution is -2.26. The van der Waals surface area contributed by atoms with E-state index in [1.54, 1.807) is 28.0 Å². The Hall–Kier alpha value is -3.15. The topological polar surface area (TPSA) is 69.7 Å². The van der Waals surface area contributed by atoms with E-state index in [0.717, 1.165) is 36.3 Å². The molecule has 144 valence electrons. The molecule has 28 heavy (non-hydrogen) atoms. The van der Waals surface area contributed by atoms with E-state index in [-0.39, 0.29) is 17.7 Å². The van der Waals surface area contributed by atoms with Gasteiger partial charge >= 0.3 is 0 Å². The molecular weight excluding hydrogens is 354 g/mol. The van der Waals surface area contributed by atoms with Crippen molar-refractivity contribution < 1.29 is 14.4 Å². The molecule has 2 fully saturated rings. The van der Waals surface area contributed by atoms with Crippen molar-refractivity contribution in [2.75, 3.05) is 22.9 Å². The van der Waals surface area contributed by atoms with Gasteiger partial charge in [-0.2, -0.15) is 0 Å². The van der Waals surface area contributed by atoms with Gasteiger partial charge in [-0.3, -0.25) is 14.4 Å². The maximum Gasteiger partial charge on any atom is 0.251 e. The van der Waals surface area contributed by atoms with E-state index in [9.17, 15) is 14.4 Å². The molecule has 0 aromatic heterocycles. The number of hydrogen-bond donors (Lipinski definition) is 1. The van der Waals surface area contributed by atoms with Crippen LogP contribution in [0.15, 0.2) is 48.5 Å². The first-order chi connectivity index (χ1) is 13.6. The van der Waals surface area contributed by atoms with Crippen molar-refractivity contribution in [3.05, 3.63) is 59.7 Å². The molecule has 0 aliphatic carbocycles. The minimum absolute atomic E-state index is 0.103. The molecule has 0 spiro atoms. The number of amides is 3. The number of nitrogens with zero attached hydrogens (tertiary/aromatic N) is 2. The summed E-state index contributed by atoms with van der Waals surface area (Å²) in [6, 6.07) is 14.9. The molecule has 1 N–H and O–H groups in total. The fraction of sp³-hybridized carbons (Fsp3) is 0.318. The average molecular weight is 377 g/mol. The number of carbonyl (C=O) groups is 3. The van der Waals surface area contributed by atoms with E-state index in [0.29, 0.717) is 31.5 Å². The highest BCUT2D eigenvalue weighted by Gasteiger charge is 2.23. The Balaban J connectivity index is 1.42. The Morgan fingerprint density at radius 1 is 0.857 bits per heavy atom. The van der Waals surface area contributed by atoms with E-state index in [1.807, 2.05) is 30.3 Å². The third-order valence-electron chi connectivity index (χ3n) is 5.24. The normalized spacial score (nSPS) is 16.7. The molecule has 6 heteroatoms. The Morgan fingerprint density at radius 2 is 1.46 bits per heavy atom. The lowest BCUT2D eigenvalue weighted by atomic mass is 10.1. The van der Waals surface area contributed by atoms with Crippen LogP contribution in [0.3, 0.4) is 0 Å². The third kappa shape index (κ3) is 3.76. The van der Waals surface area contributed by atoms with Gasteiger partial charge in [0.25, 0.3) is 5.91 Å². The fourth-order valence-electron chi connectivity index (χ4n) is 3.78. The summed E-state index contributed by atoms with van der Waals surface area (Å²) < 4.78 is 0. The maximum absolute atomic E-state index is 12.6. The van der Waals surface area contributed by atoms with E-state index in [1.165, 1.54) is 0 Å². The van der Waals surface area contributed by atoms with Crippen molar-refractivity contribution in [2.24, 2.45) is 0 Å². The van der Waals surface area contributed by atoms with Gasteiger partial charge in [0.2, 0.25) is 11.8 Å². The minimum Gasteiger partial charge on any atom is -0.348 e. The second kappa shape index (κ2) is 7.84. The molecule has 0 atom stereocenters. The number of rotatable bonds is 5. The minimum atomic E-state index is -0.184. The molecule has 3 amide bonds. The lowest BCUT2D eigenvalue weighted by molar-refractivity contribution is -0.117. The van der Waals surface area contributed by atoms with Crippen LogP contribution in [0.1, 0.15) is 41.6 Å². The summed E-state index contributed by atoms with van der Waals surface area (Å²) in [6.45, 7) is 1.82. The van der Waals surface area contributed by atoms with Crippen LogP contribution in [0.4, 0.5) is 11.4 Å².